The molecule has 2 rings (SSSR count). The van der Waals surface area contributed by atoms with E-state index in [0.29, 0.717) is 22.7 Å². The zero-order valence-corrected chi connectivity index (χ0v) is 16.2. The third-order valence-corrected chi connectivity index (χ3v) is 4.64. The molecule has 0 radical (unpaired) electrons. The van der Waals surface area contributed by atoms with Crippen LogP contribution in [0.15, 0.2) is 40.2 Å². The molecule has 1 heterocycles. The summed E-state index contributed by atoms with van der Waals surface area (Å²) in [4.78, 5) is 37.7. The molecule has 9 heteroatoms. The minimum atomic E-state index is -0.629. The van der Waals surface area contributed by atoms with Crippen LogP contribution < -0.4 is 15.6 Å². The van der Waals surface area contributed by atoms with Crippen LogP contribution in [0.4, 0.5) is 0 Å². The van der Waals surface area contributed by atoms with Gasteiger partial charge in [-0.2, -0.15) is 5.26 Å². The summed E-state index contributed by atoms with van der Waals surface area (Å²) in [7, 11) is 1.57. The lowest BCUT2D eigenvalue weighted by Gasteiger charge is -2.08. The molecular formula is C19H19N3O5S. The number of esters is 1. The second-order valence-electron chi connectivity index (χ2n) is 5.71. The highest BCUT2D eigenvalue weighted by molar-refractivity contribution is 7.99. The molecule has 146 valence electrons. The smallest absolute Gasteiger partial charge is 0.316 e. The van der Waals surface area contributed by atoms with Gasteiger partial charge < -0.3 is 19.8 Å². The average Bonchev–Trinajstić information content (AvgIpc) is 2.69. The van der Waals surface area contributed by atoms with Crippen LogP contribution in [-0.4, -0.2) is 36.3 Å². The first-order chi connectivity index (χ1) is 13.4. The van der Waals surface area contributed by atoms with Gasteiger partial charge in [0.2, 0.25) is 5.56 Å². The van der Waals surface area contributed by atoms with Crippen LogP contribution in [0.1, 0.15) is 16.7 Å². The standard InChI is InChI=1S/C19H19N3O5S/c1-12-7-16(23)22-19(15(12)8-20)28-11-18(25)27-10-17(24)21-9-13-3-5-14(26-2)6-4-13/h3-7H,9-11H2,1-2H3,(H,21,24)(H,22,23). The maximum Gasteiger partial charge on any atom is 0.316 e. The number of aromatic nitrogens is 1. The molecule has 8 nitrogen and oxygen atoms in total. The van der Waals surface area contributed by atoms with Gasteiger partial charge in [-0.3, -0.25) is 14.4 Å². The Morgan fingerprint density at radius 2 is 2.00 bits per heavy atom. The van der Waals surface area contributed by atoms with E-state index in [-0.39, 0.29) is 11.3 Å². The molecule has 0 bridgehead atoms. The van der Waals surface area contributed by atoms with Crippen LogP contribution in [0.2, 0.25) is 0 Å². The average molecular weight is 401 g/mol. The number of nitrogens with one attached hydrogen (secondary N) is 2. The van der Waals surface area contributed by atoms with E-state index in [0.717, 1.165) is 23.1 Å². The number of aromatic amines is 1. The fourth-order valence-electron chi connectivity index (χ4n) is 2.22. The van der Waals surface area contributed by atoms with Crippen molar-refractivity contribution in [3.05, 3.63) is 57.4 Å². The van der Waals surface area contributed by atoms with Crippen molar-refractivity contribution in [2.75, 3.05) is 19.5 Å². The molecule has 1 aromatic heterocycles. The third-order valence-electron chi connectivity index (χ3n) is 3.66. The number of methoxy groups -OCH3 is 1. The molecule has 0 atom stereocenters. The number of benzene rings is 1. The van der Waals surface area contributed by atoms with Crippen molar-refractivity contribution in [3.8, 4) is 11.8 Å². The zero-order valence-electron chi connectivity index (χ0n) is 15.4. The number of nitrogens with zero attached hydrogens (tertiary/aromatic N) is 1. The van der Waals surface area contributed by atoms with E-state index in [4.69, 9.17) is 14.7 Å². The Balaban J connectivity index is 1.77. The number of carbonyl (C=O) groups excluding carboxylic acids is 2. The van der Waals surface area contributed by atoms with Crippen molar-refractivity contribution in [1.29, 1.82) is 5.26 Å². The highest BCUT2D eigenvalue weighted by Gasteiger charge is 2.12. The summed E-state index contributed by atoms with van der Waals surface area (Å²) in [5.41, 5.74) is 1.35. The summed E-state index contributed by atoms with van der Waals surface area (Å²) in [5.74, 6) is -0.484. The van der Waals surface area contributed by atoms with Gasteiger partial charge in [-0.05, 0) is 30.2 Å². The molecule has 28 heavy (non-hydrogen) atoms. The van der Waals surface area contributed by atoms with Gasteiger partial charge in [-0.15, -0.1) is 0 Å². The Bertz CT molecular complexity index is 948. The molecule has 0 aliphatic heterocycles. The first kappa shape index (κ1) is 21.1. The van der Waals surface area contributed by atoms with Gasteiger partial charge in [0, 0.05) is 12.6 Å². The van der Waals surface area contributed by atoms with Crippen LogP contribution in [0.25, 0.3) is 0 Å². The van der Waals surface area contributed by atoms with E-state index in [1.165, 1.54) is 6.07 Å². The number of hydrogen-bond acceptors (Lipinski definition) is 7. The van der Waals surface area contributed by atoms with Crippen molar-refractivity contribution in [2.45, 2.75) is 18.5 Å². The molecule has 0 saturated heterocycles. The molecule has 0 aliphatic carbocycles. The third kappa shape index (κ3) is 6.17. The molecule has 0 unspecified atom stereocenters. The number of amides is 1. The second kappa shape index (κ2) is 10.2. The van der Waals surface area contributed by atoms with Crippen molar-refractivity contribution < 1.29 is 19.1 Å². The molecule has 2 aromatic rings. The monoisotopic (exact) mass is 401 g/mol. The van der Waals surface area contributed by atoms with Gasteiger partial charge in [0.05, 0.1) is 23.5 Å². The number of carbonyl (C=O) groups is 2. The quantitative estimate of drug-likeness (QED) is 0.508. The maximum absolute atomic E-state index is 11.8. The van der Waals surface area contributed by atoms with Crippen LogP contribution in [0, 0.1) is 18.3 Å². The van der Waals surface area contributed by atoms with Crippen LogP contribution in [-0.2, 0) is 20.9 Å². The van der Waals surface area contributed by atoms with Crippen LogP contribution in [0.5, 0.6) is 5.75 Å². The highest BCUT2D eigenvalue weighted by atomic mass is 32.2. The van der Waals surface area contributed by atoms with E-state index in [1.807, 2.05) is 18.2 Å². The number of aryl methyl sites for hydroxylation is 1. The maximum atomic E-state index is 11.8. The second-order valence-corrected chi connectivity index (χ2v) is 6.69. The number of thioether (sulfide) groups is 1. The predicted octanol–water partition coefficient (Wildman–Crippen LogP) is 1.52. The Hall–Kier alpha value is -3.25. The Morgan fingerprint density at radius 3 is 2.64 bits per heavy atom. The van der Waals surface area contributed by atoms with Gasteiger partial charge in [0.25, 0.3) is 5.91 Å². The minimum Gasteiger partial charge on any atom is -0.497 e. The lowest BCUT2D eigenvalue weighted by molar-refractivity contribution is -0.145. The van der Waals surface area contributed by atoms with E-state index in [2.05, 4.69) is 10.3 Å². The molecule has 0 aliphatic rings. The molecule has 0 saturated carbocycles. The van der Waals surface area contributed by atoms with Crippen LogP contribution in [0.3, 0.4) is 0 Å². The van der Waals surface area contributed by atoms with Gasteiger partial charge in [-0.25, -0.2) is 0 Å². The Labute approximate surface area is 165 Å². The number of nitriles is 1. The van der Waals surface area contributed by atoms with Gasteiger partial charge in [0.15, 0.2) is 6.61 Å². The summed E-state index contributed by atoms with van der Waals surface area (Å²) in [6, 6.07) is 10.5. The largest absolute Gasteiger partial charge is 0.497 e. The summed E-state index contributed by atoms with van der Waals surface area (Å²) in [6.45, 7) is 1.53. The van der Waals surface area contributed by atoms with Gasteiger partial charge in [-0.1, -0.05) is 23.9 Å². The van der Waals surface area contributed by atoms with E-state index in [9.17, 15) is 14.4 Å². The Morgan fingerprint density at radius 1 is 1.29 bits per heavy atom. The Kier molecular flexibility index (Phi) is 7.65. The first-order valence-electron chi connectivity index (χ1n) is 8.25. The lowest BCUT2D eigenvalue weighted by Crippen LogP contribution is -2.28. The van der Waals surface area contributed by atoms with Gasteiger partial charge in [0.1, 0.15) is 11.8 Å². The van der Waals surface area contributed by atoms with E-state index < -0.39 is 18.5 Å². The van der Waals surface area contributed by atoms with Gasteiger partial charge >= 0.3 is 5.97 Å². The fourth-order valence-corrected chi connectivity index (χ4v) is 3.09. The number of rotatable bonds is 8. The fraction of sp³-hybridized carbons (Fsp3) is 0.263. The minimum absolute atomic E-state index is 0.139. The molecule has 2 N–H and O–H groups in total. The molecule has 1 amide bonds. The molecular weight excluding hydrogens is 382 g/mol. The molecule has 1 aromatic carbocycles. The normalized spacial score (nSPS) is 10.0. The number of hydrogen-bond donors (Lipinski definition) is 2. The topological polar surface area (TPSA) is 121 Å². The molecule has 0 spiro atoms. The van der Waals surface area contributed by atoms with Crippen molar-refractivity contribution in [3.63, 3.8) is 0 Å². The molecule has 0 fully saturated rings. The number of H-pyrrole nitrogens is 1. The number of ether oxygens (including phenoxy) is 2. The summed E-state index contributed by atoms with van der Waals surface area (Å²) >= 11 is 0.977. The highest BCUT2D eigenvalue weighted by Crippen LogP contribution is 2.20. The van der Waals surface area contributed by atoms with E-state index >= 15 is 0 Å². The number of pyridine rings is 1. The zero-order chi connectivity index (χ0) is 20.5. The summed E-state index contributed by atoms with van der Waals surface area (Å²) < 4.78 is 9.98. The summed E-state index contributed by atoms with van der Waals surface area (Å²) in [6.07, 6.45) is 0. The van der Waals surface area contributed by atoms with E-state index in [1.54, 1.807) is 26.2 Å². The first-order valence-corrected chi connectivity index (χ1v) is 9.23. The SMILES string of the molecule is COc1ccc(CNC(=O)COC(=O)CSc2[nH]c(=O)cc(C)c2C#N)cc1. The van der Waals surface area contributed by atoms with Crippen molar-refractivity contribution >= 4 is 23.6 Å². The van der Waals surface area contributed by atoms with Crippen molar-refractivity contribution in [1.82, 2.24) is 10.3 Å². The van der Waals surface area contributed by atoms with Crippen molar-refractivity contribution in [2.24, 2.45) is 0 Å². The summed E-state index contributed by atoms with van der Waals surface area (Å²) in [5, 5.41) is 12.1. The lowest BCUT2D eigenvalue weighted by atomic mass is 10.2. The predicted molar refractivity (Wildman–Crippen MR) is 103 cm³/mol. The van der Waals surface area contributed by atoms with Crippen LogP contribution >= 0.6 is 11.8 Å².